The van der Waals surface area contributed by atoms with E-state index >= 15 is 0 Å². The zero-order valence-electron chi connectivity index (χ0n) is 10.1. The maximum Gasteiger partial charge on any atom is 0.143 e. The minimum absolute atomic E-state index is 0.358. The third-order valence-corrected chi connectivity index (χ3v) is 3.59. The summed E-state index contributed by atoms with van der Waals surface area (Å²) in [6.07, 6.45) is 1.05. The number of fused-ring (bicyclic) bond motifs is 3. The van der Waals surface area contributed by atoms with Gasteiger partial charge in [0.2, 0.25) is 0 Å². The van der Waals surface area contributed by atoms with E-state index in [1.807, 2.05) is 6.07 Å². The summed E-state index contributed by atoms with van der Waals surface area (Å²) < 4.78 is 5.25. The van der Waals surface area contributed by atoms with Crippen LogP contribution in [0.3, 0.4) is 0 Å². The van der Waals surface area contributed by atoms with Crippen LogP contribution in [0.15, 0.2) is 12.1 Å². The van der Waals surface area contributed by atoms with Gasteiger partial charge in [-0.05, 0) is 37.6 Å². The van der Waals surface area contributed by atoms with Crippen LogP contribution in [-0.2, 0) is 6.42 Å². The molecule has 4 nitrogen and oxygen atoms in total. The molecule has 0 fully saturated rings. The third-order valence-electron chi connectivity index (χ3n) is 3.59. The van der Waals surface area contributed by atoms with Crippen LogP contribution in [0.4, 0.5) is 5.69 Å². The fourth-order valence-corrected chi connectivity index (χ4v) is 2.67. The van der Waals surface area contributed by atoms with Gasteiger partial charge in [-0.2, -0.15) is 0 Å². The highest BCUT2D eigenvalue weighted by Crippen LogP contribution is 2.36. The summed E-state index contributed by atoms with van der Waals surface area (Å²) in [5.74, 6) is 0.733. The van der Waals surface area contributed by atoms with E-state index in [1.54, 1.807) is 7.11 Å². The number of hydrogen-bond donors (Lipinski definition) is 3. The molecule has 0 radical (unpaired) electrons. The summed E-state index contributed by atoms with van der Waals surface area (Å²) in [6.45, 7) is 3.19. The molecule has 1 aliphatic heterocycles. The van der Waals surface area contributed by atoms with Gasteiger partial charge in [-0.1, -0.05) is 0 Å². The zero-order valence-corrected chi connectivity index (χ0v) is 10.1. The third kappa shape index (κ3) is 1.41. The molecule has 4 N–H and O–H groups in total. The molecule has 0 saturated heterocycles. The highest BCUT2D eigenvalue weighted by atomic mass is 16.5. The molecule has 1 aromatic carbocycles. The maximum atomic E-state index is 6.11. The van der Waals surface area contributed by atoms with Crippen LogP contribution >= 0.6 is 0 Å². The van der Waals surface area contributed by atoms with Crippen LogP contribution in [-0.4, -0.2) is 18.6 Å². The molecule has 0 saturated carbocycles. The number of nitrogens with one attached hydrogen (secondary N) is 2. The first-order valence-corrected chi connectivity index (χ1v) is 5.92. The van der Waals surface area contributed by atoms with Gasteiger partial charge in [-0.25, -0.2) is 0 Å². The van der Waals surface area contributed by atoms with E-state index in [0.717, 1.165) is 24.2 Å². The van der Waals surface area contributed by atoms with Crippen LogP contribution < -0.4 is 15.8 Å². The van der Waals surface area contributed by atoms with Gasteiger partial charge in [-0.15, -0.1) is 0 Å². The Morgan fingerprint density at radius 1 is 1.41 bits per heavy atom. The molecule has 0 unspecified atom stereocenters. The minimum atomic E-state index is 0.358. The van der Waals surface area contributed by atoms with Crippen molar-refractivity contribution in [1.29, 1.82) is 0 Å². The lowest BCUT2D eigenvalue weighted by Crippen LogP contribution is -2.27. The van der Waals surface area contributed by atoms with Gasteiger partial charge in [0.15, 0.2) is 0 Å². The van der Waals surface area contributed by atoms with Crippen LogP contribution in [0.1, 0.15) is 24.2 Å². The lowest BCUT2D eigenvalue weighted by molar-refractivity contribution is 0.417. The van der Waals surface area contributed by atoms with Crippen LogP contribution in [0.25, 0.3) is 10.9 Å². The van der Waals surface area contributed by atoms with Gasteiger partial charge in [0.05, 0.1) is 18.3 Å². The van der Waals surface area contributed by atoms with E-state index in [9.17, 15) is 0 Å². The first-order chi connectivity index (χ1) is 8.22. The predicted octanol–water partition coefficient (Wildman–Crippen LogP) is 1.97. The second-order valence-corrected chi connectivity index (χ2v) is 4.55. The summed E-state index contributed by atoms with van der Waals surface area (Å²) in [5.41, 5.74) is 10.5. The summed E-state index contributed by atoms with van der Waals surface area (Å²) in [5, 5.41) is 4.67. The lowest BCUT2D eigenvalue weighted by Gasteiger charge is -2.20. The van der Waals surface area contributed by atoms with E-state index in [4.69, 9.17) is 10.5 Å². The van der Waals surface area contributed by atoms with Crippen molar-refractivity contribution in [2.45, 2.75) is 19.4 Å². The number of anilines is 1. The Morgan fingerprint density at radius 2 is 2.24 bits per heavy atom. The smallest absolute Gasteiger partial charge is 0.143 e. The summed E-state index contributed by atoms with van der Waals surface area (Å²) in [6, 6.07) is 4.40. The van der Waals surface area contributed by atoms with Crippen molar-refractivity contribution >= 4 is 16.6 Å². The van der Waals surface area contributed by atoms with Crippen molar-refractivity contribution in [2.24, 2.45) is 0 Å². The molecule has 17 heavy (non-hydrogen) atoms. The molecule has 1 aromatic heterocycles. The number of H-pyrrole nitrogens is 1. The molecule has 0 aliphatic carbocycles. The summed E-state index contributed by atoms with van der Waals surface area (Å²) in [7, 11) is 1.64. The molecule has 2 heterocycles. The Morgan fingerprint density at radius 3 is 3.00 bits per heavy atom. The van der Waals surface area contributed by atoms with Crippen molar-refractivity contribution in [3.63, 3.8) is 0 Å². The van der Waals surface area contributed by atoms with Crippen LogP contribution in [0, 0.1) is 0 Å². The molecule has 3 rings (SSSR count). The van der Waals surface area contributed by atoms with Gasteiger partial charge in [-0.3, -0.25) is 0 Å². The number of hydrogen-bond acceptors (Lipinski definition) is 3. The second kappa shape index (κ2) is 3.67. The fraction of sp³-hybridized carbons (Fsp3) is 0.385. The lowest BCUT2D eigenvalue weighted by atomic mass is 10.00. The molecule has 1 aliphatic rings. The monoisotopic (exact) mass is 231 g/mol. The molecule has 1 atom stereocenters. The Bertz CT molecular complexity index is 574. The van der Waals surface area contributed by atoms with Crippen molar-refractivity contribution < 1.29 is 4.74 Å². The molecule has 0 spiro atoms. The normalized spacial score (nSPS) is 19.3. The van der Waals surface area contributed by atoms with E-state index in [-0.39, 0.29) is 0 Å². The largest absolute Gasteiger partial charge is 0.495 e. The SMILES string of the molecule is COc1ccc2c3c([nH]c2c1N)[C@H](C)NCC3. The van der Waals surface area contributed by atoms with Gasteiger partial charge in [0.25, 0.3) is 0 Å². The van der Waals surface area contributed by atoms with Crippen molar-refractivity contribution in [3.8, 4) is 5.75 Å². The molecular weight excluding hydrogens is 214 g/mol. The van der Waals surface area contributed by atoms with Crippen LogP contribution in [0.5, 0.6) is 5.75 Å². The summed E-state index contributed by atoms with van der Waals surface area (Å²) >= 11 is 0. The number of rotatable bonds is 1. The average molecular weight is 231 g/mol. The average Bonchev–Trinajstić information content (AvgIpc) is 2.71. The number of nitrogens with two attached hydrogens (primary N) is 1. The van der Waals surface area contributed by atoms with E-state index < -0.39 is 0 Å². The maximum absolute atomic E-state index is 6.11. The molecule has 4 heteroatoms. The Kier molecular flexibility index (Phi) is 2.26. The Hall–Kier alpha value is -1.68. The van der Waals surface area contributed by atoms with Crippen molar-refractivity contribution in [1.82, 2.24) is 10.3 Å². The van der Waals surface area contributed by atoms with Gasteiger partial charge < -0.3 is 20.8 Å². The molecular formula is C13H17N3O. The Labute approximate surface area is 100 Å². The zero-order chi connectivity index (χ0) is 12.0. The second-order valence-electron chi connectivity index (χ2n) is 4.55. The van der Waals surface area contributed by atoms with Gasteiger partial charge >= 0.3 is 0 Å². The van der Waals surface area contributed by atoms with E-state index in [1.165, 1.54) is 16.6 Å². The number of aromatic nitrogens is 1. The highest BCUT2D eigenvalue weighted by Gasteiger charge is 2.22. The highest BCUT2D eigenvalue weighted by molar-refractivity contribution is 5.96. The van der Waals surface area contributed by atoms with Crippen LogP contribution in [0.2, 0.25) is 0 Å². The van der Waals surface area contributed by atoms with E-state index in [2.05, 4.69) is 23.3 Å². The predicted molar refractivity (Wildman–Crippen MR) is 69.4 cm³/mol. The van der Waals surface area contributed by atoms with Crippen molar-refractivity contribution in [3.05, 3.63) is 23.4 Å². The summed E-state index contributed by atoms with van der Waals surface area (Å²) in [4.78, 5) is 3.44. The Balaban J connectivity index is 2.30. The number of nitrogen functional groups attached to an aromatic ring is 1. The quantitative estimate of drug-likeness (QED) is 0.657. The molecule has 0 amide bonds. The molecule has 2 aromatic rings. The van der Waals surface area contributed by atoms with Gasteiger partial charge in [0, 0.05) is 17.1 Å². The first kappa shape index (κ1) is 10.5. The number of aromatic amines is 1. The van der Waals surface area contributed by atoms with Crippen molar-refractivity contribution in [2.75, 3.05) is 19.4 Å². The topological polar surface area (TPSA) is 63.1 Å². The first-order valence-electron chi connectivity index (χ1n) is 5.92. The molecule has 90 valence electrons. The molecule has 0 bridgehead atoms. The fourth-order valence-electron chi connectivity index (χ4n) is 2.67. The standard InChI is InChI=1S/C13H17N3O/c1-7-12-9(5-6-15-7)8-3-4-10(17-2)11(14)13(8)16-12/h3-4,7,15-16H,5-6,14H2,1-2H3/t7-/m0/s1. The number of ether oxygens (including phenoxy) is 1. The number of benzene rings is 1. The minimum Gasteiger partial charge on any atom is -0.495 e. The number of methoxy groups -OCH3 is 1. The van der Waals surface area contributed by atoms with Gasteiger partial charge in [0.1, 0.15) is 5.75 Å². The van der Waals surface area contributed by atoms with E-state index in [0.29, 0.717) is 11.7 Å².